The second-order valence-corrected chi connectivity index (χ2v) is 9.26. The average molecular weight is 319 g/mol. The van der Waals surface area contributed by atoms with Crippen LogP contribution < -0.4 is 0 Å². The molecule has 0 aliphatic carbocycles. The van der Waals surface area contributed by atoms with Gasteiger partial charge in [0.15, 0.2) is 9.84 Å². The molecule has 0 bridgehead atoms. The summed E-state index contributed by atoms with van der Waals surface area (Å²) in [5, 5.41) is 9.20. The second-order valence-electron chi connectivity index (χ2n) is 7.04. The lowest BCUT2D eigenvalue weighted by molar-refractivity contribution is -0.139. The number of hydrogen-bond acceptors (Lipinski definition) is 4. The van der Waals surface area contributed by atoms with E-state index >= 15 is 0 Å². The number of aliphatic carboxylic acids is 1. The molecule has 1 aliphatic heterocycles. The molecule has 5 nitrogen and oxygen atoms in total. The third kappa shape index (κ3) is 6.34. The summed E-state index contributed by atoms with van der Waals surface area (Å²) in [7, 11) is -3.00. The Hall–Kier alpha value is -0.620. The van der Waals surface area contributed by atoms with Gasteiger partial charge in [-0.2, -0.15) is 0 Å². The SMILES string of the molecule is CC(C)CC(CC(C)C)N(CC(=O)O)C1CCS(=O)(=O)C1. The minimum Gasteiger partial charge on any atom is -0.480 e. The van der Waals surface area contributed by atoms with Crippen molar-refractivity contribution >= 4 is 15.8 Å². The minimum absolute atomic E-state index is 0.0652. The summed E-state index contributed by atoms with van der Waals surface area (Å²) in [6, 6.07) is -0.00648. The normalized spacial score (nSPS) is 21.8. The predicted octanol–water partition coefficient (Wildman–Crippen LogP) is 2.02. The monoisotopic (exact) mass is 319 g/mol. The van der Waals surface area contributed by atoms with Crippen molar-refractivity contribution in [3.8, 4) is 0 Å². The molecule has 0 aromatic heterocycles. The van der Waals surface area contributed by atoms with Crippen molar-refractivity contribution in [2.24, 2.45) is 11.8 Å². The fourth-order valence-electron chi connectivity index (χ4n) is 3.20. The third-order valence-electron chi connectivity index (χ3n) is 3.95. The minimum atomic E-state index is -3.00. The molecular weight excluding hydrogens is 290 g/mol. The molecule has 0 radical (unpaired) electrons. The van der Waals surface area contributed by atoms with Gasteiger partial charge in [-0.15, -0.1) is 0 Å². The van der Waals surface area contributed by atoms with Gasteiger partial charge in [-0.3, -0.25) is 9.69 Å². The summed E-state index contributed by atoms with van der Waals surface area (Å²) >= 11 is 0. The smallest absolute Gasteiger partial charge is 0.317 e. The molecule has 0 aromatic carbocycles. The van der Waals surface area contributed by atoms with E-state index in [-0.39, 0.29) is 30.1 Å². The van der Waals surface area contributed by atoms with Crippen LogP contribution in [0.2, 0.25) is 0 Å². The van der Waals surface area contributed by atoms with Crippen molar-refractivity contribution in [1.82, 2.24) is 4.90 Å². The second kappa shape index (κ2) is 7.58. The molecule has 6 heteroatoms. The van der Waals surface area contributed by atoms with Crippen molar-refractivity contribution in [3.05, 3.63) is 0 Å². The van der Waals surface area contributed by atoms with E-state index in [1.165, 1.54) is 0 Å². The van der Waals surface area contributed by atoms with Gasteiger partial charge in [0.25, 0.3) is 0 Å². The molecule has 1 N–H and O–H groups in total. The van der Waals surface area contributed by atoms with E-state index in [1.807, 2.05) is 4.90 Å². The molecule has 0 spiro atoms. The maximum Gasteiger partial charge on any atom is 0.317 e. The van der Waals surface area contributed by atoms with E-state index in [1.54, 1.807) is 0 Å². The molecule has 1 fully saturated rings. The Morgan fingerprint density at radius 3 is 2.05 bits per heavy atom. The number of carboxylic acid groups (broad SMARTS) is 1. The van der Waals surface area contributed by atoms with Crippen LogP contribution in [0, 0.1) is 11.8 Å². The van der Waals surface area contributed by atoms with Gasteiger partial charge in [0.05, 0.1) is 18.1 Å². The van der Waals surface area contributed by atoms with Crippen LogP contribution in [0.15, 0.2) is 0 Å². The van der Waals surface area contributed by atoms with E-state index in [0.717, 1.165) is 12.8 Å². The Kier molecular flexibility index (Phi) is 6.66. The molecule has 0 saturated carbocycles. The molecule has 1 unspecified atom stereocenters. The Morgan fingerprint density at radius 2 is 1.71 bits per heavy atom. The van der Waals surface area contributed by atoms with Gasteiger partial charge in [-0.1, -0.05) is 27.7 Å². The number of hydrogen-bond donors (Lipinski definition) is 1. The van der Waals surface area contributed by atoms with E-state index in [0.29, 0.717) is 18.3 Å². The van der Waals surface area contributed by atoms with Gasteiger partial charge in [0.2, 0.25) is 0 Å². The summed E-state index contributed by atoms with van der Waals surface area (Å²) in [4.78, 5) is 13.2. The Balaban J connectivity index is 2.93. The predicted molar refractivity (Wildman–Crippen MR) is 84.1 cm³/mol. The van der Waals surface area contributed by atoms with Gasteiger partial charge >= 0.3 is 5.97 Å². The van der Waals surface area contributed by atoms with Crippen LogP contribution in [-0.4, -0.2) is 54.5 Å². The Morgan fingerprint density at radius 1 is 1.19 bits per heavy atom. The highest BCUT2D eigenvalue weighted by atomic mass is 32.2. The first-order valence-corrected chi connectivity index (χ1v) is 9.60. The van der Waals surface area contributed by atoms with Crippen LogP contribution in [0.25, 0.3) is 0 Å². The first-order chi connectivity index (χ1) is 9.60. The van der Waals surface area contributed by atoms with E-state index in [4.69, 9.17) is 0 Å². The van der Waals surface area contributed by atoms with Crippen molar-refractivity contribution < 1.29 is 18.3 Å². The molecule has 124 valence electrons. The van der Waals surface area contributed by atoms with Crippen LogP contribution in [0.5, 0.6) is 0 Å². The number of rotatable bonds is 8. The molecule has 1 rings (SSSR count). The molecule has 1 aliphatic rings. The molecule has 1 atom stereocenters. The summed E-state index contributed by atoms with van der Waals surface area (Å²) in [5.74, 6) is 0.333. The number of nitrogens with zero attached hydrogens (tertiary/aromatic N) is 1. The van der Waals surface area contributed by atoms with E-state index in [9.17, 15) is 18.3 Å². The van der Waals surface area contributed by atoms with Gasteiger partial charge < -0.3 is 5.11 Å². The van der Waals surface area contributed by atoms with Crippen molar-refractivity contribution in [2.45, 2.75) is 59.0 Å². The summed E-state index contributed by atoms with van der Waals surface area (Å²) in [6.45, 7) is 8.43. The van der Waals surface area contributed by atoms with Crippen molar-refractivity contribution in [3.63, 3.8) is 0 Å². The average Bonchev–Trinajstić information content (AvgIpc) is 2.64. The molecular formula is C15H29NO4S. The lowest BCUT2D eigenvalue weighted by Crippen LogP contribution is -2.47. The largest absolute Gasteiger partial charge is 0.480 e. The molecule has 21 heavy (non-hydrogen) atoms. The lowest BCUT2D eigenvalue weighted by atomic mass is 9.93. The summed E-state index contributed by atoms with van der Waals surface area (Å²) in [6.07, 6.45) is 2.37. The fraction of sp³-hybridized carbons (Fsp3) is 0.933. The zero-order chi connectivity index (χ0) is 16.2. The summed E-state index contributed by atoms with van der Waals surface area (Å²) in [5.41, 5.74) is 0. The van der Waals surface area contributed by atoms with Crippen LogP contribution in [0.4, 0.5) is 0 Å². The fourth-order valence-corrected chi connectivity index (χ4v) is 4.95. The highest BCUT2D eigenvalue weighted by molar-refractivity contribution is 7.91. The first kappa shape index (κ1) is 18.4. The van der Waals surface area contributed by atoms with Gasteiger partial charge in [-0.05, 0) is 31.1 Å². The van der Waals surface area contributed by atoms with Crippen LogP contribution in [-0.2, 0) is 14.6 Å². The van der Waals surface area contributed by atoms with Gasteiger partial charge in [0.1, 0.15) is 0 Å². The highest BCUT2D eigenvalue weighted by Gasteiger charge is 2.36. The zero-order valence-corrected chi connectivity index (χ0v) is 14.4. The summed E-state index contributed by atoms with van der Waals surface area (Å²) < 4.78 is 23.4. The molecule has 0 amide bonds. The number of sulfone groups is 1. The molecule has 0 aromatic rings. The lowest BCUT2D eigenvalue weighted by Gasteiger charge is -2.36. The maximum atomic E-state index is 11.7. The van der Waals surface area contributed by atoms with Gasteiger partial charge in [-0.25, -0.2) is 8.42 Å². The Bertz CT molecular complexity index is 435. The molecule has 1 heterocycles. The Labute approximate surface area is 128 Å². The van der Waals surface area contributed by atoms with E-state index < -0.39 is 15.8 Å². The van der Waals surface area contributed by atoms with E-state index in [2.05, 4.69) is 27.7 Å². The topological polar surface area (TPSA) is 74.7 Å². The van der Waals surface area contributed by atoms with Crippen molar-refractivity contribution in [2.75, 3.05) is 18.1 Å². The van der Waals surface area contributed by atoms with Crippen LogP contribution >= 0.6 is 0 Å². The number of carbonyl (C=O) groups is 1. The van der Waals surface area contributed by atoms with Crippen molar-refractivity contribution in [1.29, 1.82) is 0 Å². The third-order valence-corrected chi connectivity index (χ3v) is 5.70. The van der Waals surface area contributed by atoms with Gasteiger partial charge in [0, 0.05) is 12.1 Å². The molecule has 1 saturated heterocycles. The van der Waals surface area contributed by atoms with Crippen LogP contribution in [0.1, 0.15) is 47.0 Å². The zero-order valence-electron chi connectivity index (χ0n) is 13.6. The number of carboxylic acids is 1. The quantitative estimate of drug-likeness (QED) is 0.741. The maximum absolute atomic E-state index is 11.7. The first-order valence-electron chi connectivity index (χ1n) is 7.78. The standard InChI is InChI=1S/C15H29NO4S/c1-11(2)7-14(8-12(3)4)16(9-15(17)18)13-5-6-21(19,20)10-13/h11-14H,5-10H2,1-4H3,(H,17,18). The highest BCUT2D eigenvalue weighted by Crippen LogP contribution is 2.26. The van der Waals surface area contributed by atoms with Crippen LogP contribution in [0.3, 0.4) is 0 Å².